The van der Waals surface area contributed by atoms with Crippen molar-refractivity contribution in [1.82, 2.24) is 0 Å². The van der Waals surface area contributed by atoms with Gasteiger partial charge in [0.1, 0.15) is 6.07 Å². The number of ketones is 2. The number of aliphatic hydroxyl groups excluding tert-OH is 1. The van der Waals surface area contributed by atoms with Crippen LogP contribution in [0.3, 0.4) is 0 Å². The molecule has 4 heteroatoms. The third-order valence-electron chi connectivity index (χ3n) is 12.5. The van der Waals surface area contributed by atoms with Crippen LogP contribution in [0.5, 0.6) is 0 Å². The number of fused-ring (bicyclic) bond motifs is 7. The Balaban J connectivity index is 1.68. The van der Waals surface area contributed by atoms with Gasteiger partial charge in [-0.05, 0) is 84.5 Å². The van der Waals surface area contributed by atoms with Gasteiger partial charge in [0, 0.05) is 23.4 Å². The van der Waals surface area contributed by atoms with Gasteiger partial charge in [-0.15, -0.1) is 0 Å². The van der Waals surface area contributed by atoms with Crippen LogP contribution in [-0.4, -0.2) is 23.3 Å². The second kappa shape index (κ2) is 7.18. The van der Waals surface area contributed by atoms with Crippen LogP contribution >= 0.6 is 0 Å². The Hall–Kier alpha value is -1.73. The summed E-state index contributed by atoms with van der Waals surface area (Å²) in [6, 6.07) is 2.19. The Morgan fingerprint density at radius 2 is 1.66 bits per heavy atom. The summed E-state index contributed by atoms with van der Waals surface area (Å²) in [7, 11) is 0. The predicted octanol–water partition coefficient (Wildman–Crippen LogP) is 6.20. The topological polar surface area (TPSA) is 78.2 Å². The number of carbonyl (C=O) groups is 2. The molecule has 0 aliphatic heterocycles. The van der Waals surface area contributed by atoms with Crippen molar-refractivity contribution in [2.24, 2.45) is 50.2 Å². The van der Waals surface area contributed by atoms with Gasteiger partial charge in [0.25, 0.3) is 0 Å². The van der Waals surface area contributed by atoms with Gasteiger partial charge < -0.3 is 5.11 Å². The van der Waals surface area contributed by atoms with Crippen molar-refractivity contribution in [3.63, 3.8) is 0 Å². The lowest BCUT2D eigenvalue weighted by molar-refractivity contribution is -0.171. The van der Waals surface area contributed by atoms with Gasteiger partial charge in [-0.2, -0.15) is 5.26 Å². The van der Waals surface area contributed by atoms with Gasteiger partial charge in [0.2, 0.25) is 0 Å². The average Bonchev–Trinajstić information content (AvgIpc) is 2.79. The number of Topliss-reactive ketones (excluding diaryl/α,β-unsaturated/α-hetero) is 1. The van der Waals surface area contributed by atoms with Crippen LogP contribution in [0, 0.1) is 61.6 Å². The maximum absolute atomic E-state index is 14.2. The normalized spacial score (nSPS) is 50.5. The van der Waals surface area contributed by atoms with Crippen LogP contribution in [-0.2, 0) is 9.59 Å². The van der Waals surface area contributed by atoms with Crippen molar-refractivity contribution in [3.05, 3.63) is 23.3 Å². The van der Waals surface area contributed by atoms with Gasteiger partial charge in [-0.25, -0.2) is 0 Å². The molecular formula is C31H43NO3. The number of aliphatic hydroxyl groups is 1. The van der Waals surface area contributed by atoms with Crippen LogP contribution < -0.4 is 0 Å². The minimum Gasteiger partial charge on any atom is -0.396 e. The molecule has 35 heavy (non-hydrogen) atoms. The standard InChI is InChI=1S/C31H43NO3/c1-26(2)22-8-9-30(6)23(29(22,5)15-19(17-32)25(26)35)14-21(34)24-20-16-27(3,18-33)10-11-28(20,4)12-13-31(24,30)7/h14-15,20,22,24,33H,8-13,16,18H2,1-7H3/t20-,22?,24-,27?,28+,29-,30+,31+/m0/s1. The third kappa shape index (κ3) is 2.94. The predicted molar refractivity (Wildman–Crippen MR) is 136 cm³/mol. The molecule has 4 nitrogen and oxygen atoms in total. The number of nitrogens with zero attached hydrogens (tertiary/aromatic N) is 1. The minimum absolute atomic E-state index is 0.0426. The molecule has 0 radical (unpaired) electrons. The molecule has 1 N–H and O–H groups in total. The molecule has 190 valence electrons. The van der Waals surface area contributed by atoms with Crippen molar-refractivity contribution in [3.8, 4) is 6.07 Å². The molecule has 5 aliphatic rings. The molecule has 0 amide bonds. The molecule has 0 heterocycles. The Morgan fingerprint density at radius 1 is 1.00 bits per heavy atom. The van der Waals surface area contributed by atoms with Crippen molar-refractivity contribution in [2.45, 2.75) is 93.4 Å². The summed E-state index contributed by atoms with van der Waals surface area (Å²) in [6.07, 6.45) is 10.9. The number of allylic oxidation sites excluding steroid dienone is 4. The highest BCUT2D eigenvalue weighted by atomic mass is 16.3. The van der Waals surface area contributed by atoms with E-state index in [0.717, 1.165) is 50.5 Å². The van der Waals surface area contributed by atoms with E-state index in [0.29, 0.717) is 0 Å². The monoisotopic (exact) mass is 477 g/mol. The highest BCUT2D eigenvalue weighted by molar-refractivity contribution is 6.04. The maximum atomic E-state index is 14.2. The van der Waals surface area contributed by atoms with Gasteiger partial charge in [-0.1, -0.05) is 60.1 Å². The van der Waals surface area contributed by atoms with E-state index in [4.69, 9.17) is 0 Å². The van der Waals surface area contributed by atoms with E-state index >= 15 is 0 Å². The fourth-order valence-corrected chi connectivity index (χ4v) is 9.93. The van der Waals surface area contributed by atoms with E-state index in [1.54, 1.807) is 0 Å². The molecule has 0 bridgehead atoms. The first kappa shape index (κ1) is 24.9. The van der Waals surface area contributed by atoms with Crippen molar-refractivity contribution < 1.29 is 14.7 Å². The Labute approximate surface area is 211 Å². The second-order valence-electron chi connectivity index (χ2n) is 14.7. The Morgan fingerprint density at radius 3 is 2.29 bits per heavy atom. The number of nitriles is 1. The zero-order chi connectivity index (χ0) is 25.8. The zero-order valence-electron chi connectivity index (χ0n) is 22.8. The van der Waals surface area contributed by atoms with Gasteiger partial charge in [0.15, 0.2) is 11.6 Å². The molecule has 0 spiro atoms. The lowest BCUT2D eigenvalue weighted by atomic mass is 9.34. The molecule has 0 aromatic rings. The molecule has 3 saturated carbocycles. The summed E-state index contributed by atoms with van der Waals surface area (Å²) in [6.45, 7) is 15.7. The van der Waals surface area contributed by atoms with Gasteiger partial charge in [0.05, 0.1) is 5.57 Å². The third-order valence-corrected chi connectivity index (χ3v) is 12.5. The average molecular weight is 478 g/mol. The van der Waals surface area contributed by atoms with Gasteiger partial charge in [-0.3, -0.25) is 9.59 Å². The van der Waals surface area contributed by atoms with Crippen LogP contribution in [0.1, 0.15) is 93.4 Å². The van der Waals surface area contributed by atoms with Crippen LogP contribution in [0.4, 0.5) is 0 Å². The summed E-state index contributed by atoms with van der Waals surface area (Å²) >= 11 is 0. The molecule has 2 unspecified atom stereocenters. The molecular weight excluding hydrogens is 434 g/mol. The van der Waals surface area contributed by atoms with Crippen LogP contribution in [0.25, 0.3) is 0 Å². The van der Waals surface area contributed by atoms with E-state index in [1.165, 1.54) is 0 Å². The van der Waals surface area contributed by atoms with Gasteiger partial charge >= 0.3 is 0 Å². The molecule has 0 aromatic carbocycles. The smallest absolute Gasteiger partial charge is 0.178 e. The SMILES string of the molecule is CC1(CO)CC[C@]2(C)CC[C@]3(C)[C@H](C(=O)C=C4[C@@]5(C)C=C(C#N)C(=O)C(C)(C)C5CC[C@]43C)[C@@H]2C1. The summed E-state index contributed by atoms with van der Waals surface area (Å²) in [5.74, 6) is 0.486. The van der Waals surface area contributed by atoms with E-state index in [9.17, 15) is 20.0 Å². The Kier molecular flexibility index (Phi) is 5.12. The molecule has 3 fully saturated rings. The van der Waals surface area contributed by atoms with Crippen LogP contribution in [0.2, 0.25) is 0 Å². The quantitative estimate of drug-likeness (QED) is 0.488. The van der Waals surface area contributed by atoms with E-state index in [2.05, 4.69) is 40.7 Å². The second-order valence-corrected chi connectivity index (χ2v) is 14.7. The highest BCUT2D eigenvalue weighted by Crippen LogP contribution is 2.74. The summed E-state index contributed by atoms with van der Waals surface area (Å²) in [4.78, 5) is 27.4. The first-order valence-electron chi connectivity index (χ1n) is 13.7. The lowest BCUT2D eigenvalue weighted by Gasteiger charge is -2.69. The Bertz CT molecular complexity index is 1110. The highest BCUT2D eigenvalue weighted by Gasteiger charge is 2.69. The molecule has 5 aliphatic carbocycles. The number of rotatable bonds is 1. The minimum atomic E-state index is -0.630. The molecule has 0 saturated heterocycles. The molecule has 0 aromatic heterocycles. The van der Waals surface area contributed by atoms with Crippen molar-refractivity contribution in [1.29, 1.82) is 5.26 Å². The van der Waals surface area contributed by atoms with E-state index < -0.39 is 10.8 Å². The summed E-state index contributed by atoms with van der Waals surface area (Å²) in [5.41, 5.74) is -0.0187. The molecule has 5 rings (SSSR count). The first-order valence-corrected chi connectivity index (χ1v) is 13.7. The largest absolute Gasteiger partial charge is 0.396 e. The van der Waals surface area contributed by atoms with E-state index in [1.807, 2.05) is 26.0 Å². The summed E-state index contributed by atoms with van der Waals surface area (Å²) in [5, 5.41) is 20.0. The first-order chi connectivity index (χ1) is 16.1. The fraction of sp³-hybridized carbons (Fsp3) is 0.774. The zero-order valence-corrected chi connectivity index (χ0v) is 22.8. The fourth-order valence-electron chi connectivity index (χ4n) is 9.93. The maximum Gasteiger partial charge on any atom is 0.178 e. The number of carbonyl (C=O) groups excluding carboxylic acids is 2. The molecule has 8 atom stereocenters. The van der Waals surface area contributed by atoms with Crippen molar-refractivity contribution >= 4 is 11.6 Å². The summed E-state index contributed by atoms with van der Waals surface area (Å²) < 4.78 is 0. The lowest BCUT2D eigenvalue weighted by Crippen LogP contribution is -2.64. The van der Waals surface area contributed by atoms with E-state index in [-0.39, 0.29) is 63.2 Å². The number of hydrogen-bond donors (Lipinski definition) is 1. The van der Waals surface area contributed by atoms with Crippen LogP contribution in [0.15, 0.2) is 23.3 Å². The number of hydrogen-bond acceptors (Lipinski definition) is 4. The van der Waals surface area contributed by atoms with Crippen molar-refractivity contribution in [2.75, 3.05) is 6.61 Å².